The lowest BCUT2D eigenvalue weighted by Crippen LogP contribution is -2.29. The minimum atomic E-state index is -0.252. The number of hydrogen-bond donors (Lipinski definition) is 1. The first-order chi connectivity index (χ1) is 12.9. The van der Waals surface area contributed by atoms with Crippen LogP contribution in [0.3, 0.4) is 0 Å². The van der Waals surface area contributed by atoms with Gasteiger partial charge in [-0.1, -0.05) is 36.4 Å². The van der Waals surface area contributed by atoms with Crippen molar-refractivity contribution in [2.45, 2.75) is 19.9 Å². The van der Waals surface area contributed by atoms with Crippen LogP contribution < -0.4 is 0 Å². The number of carbonyl (C=O) groups is 2. The number of ketones is 1. The van der Waals surface area contributed by atoms with Gasteiger partial charge in [0.2, 0.25) is 0 Å². The van der Waals surface area contributed by atoms with Gasteiger partial charge >= 0.3 is 0 Å². The number of furan rings is 1. The molecule has 5 nitrogen and oxygen atoms in total. The third kappa shape index (κ3) is 3.92. The molecule has 0 bridgehead atoms. The molecule has 0 spiro atoms. The normalized spacial score (nSPS) is 11.8. The van der Waals surface area contributed by atoms with Crippen molar-refractivity contribution in [1.29, 1.82) is 0 Å². The molecule has 3 rings (SSSR count). The van der Waals surface area contributed by atoms with E-state index >= 15 is 0 Å². The Balaban J connectivity index is 1.78. The molecule has 2 aromatic carbocycles. The van der Waals surface area contributed by atoms with Crippen LogP contribution in [-0.2, 0) is 0 Å². The van der Waals surface area contributed by atoms with E-state index < -0.39 is 0 Å². The highest BCUT2D eigenvalue weighted by Crippen LogP contribution is 2.27. The lowest BCUT2D eigenvalue weighted by atomic mass is 10.1. The van der Waals surface area contributed by atoms with Crippen LogP contribution in [0, 0.1) is 0 Å². The zero-order chi connectivity index (χ0) is 19.6. The van der Waals surface area contributed by atoms with E-state index in [1.54, 1.807) is 66.5 Å². The van der Waals surface area contributed by atoms with Gasteiger partial charge < -0.3 is 14.4 Å². The van der Waals surface area contributed by atoms with Crippen LogP contribution in [0.2, 0.25) is 0 Å². The van der Waals surface area contributed by atoms with E-state index in [1.807, 2.05) is 13.0 Å². The molecule has 0 aliphatic heterocycles. The smallest absolute Gasteiger partial charge is 0.289 e. The molecule has 0 radical (unpaired) electrons. The number of phenols is 1. The Morgan fingerprint density at radius 1 is 1.04 bits per heavy atom. The Morgan fingerprint density at radius 3 is 2.37 bits per heavy atom. The van der Waals surface area contributed by atoms with Crippen molar-refractivity contribution < 1.29 is 19.1 Å². The Morgan fingerprint density at radius 2 is 1.74 bits per heavy atom. The van der Waals surface area contributed by atoms with Crippen LogP contribution in [0.1, 0.15) is 46.4 Å². The van der Waals surface area contributed by atoms with Gasteiger partial charge in [0, 0.05) is 18.2 Å². The summed E-state index contributed by atoms with van der Waals surface area (Å²) in [5.41, 5.74) is 2.25. The van der Waals surface area contributed by atoms with Gasteiger partial charge in [-0.2, -0.15) is 0 Å². The van der Waals surface area contributed by atoms with Gasteiger partial charge in [-0.05, 0) is 43.7 Å². The number of amides is 1. The summed E-state index contributed by atoms with van der Waals surface area (Å²) in [6, 6.07) is 17.0. The zero-order valence-corrected chi connectivity index (χ0v) is 15.5. The van der Waals surface area contributed by atoms with E-state index in [0.29, 0.717) is 11.3 Å². The van der Waals surface area contributed by atoms with E-state index in [9.17, 15) is 14.7 Å². The van der Waals surface area contributed by atoms with Gasteiger partial charge in [0.1, 0.15) is 11.5 Å². The predicted molar refractivity (Wildman–Crippen MR) is 103 cm³/mol. The third-order valence-corrected chi connectivity index (χ3v) is 4.65. The molecule has 5 heteroatoms. The van der Waals surface area contributed by atoms with Crippen molar-refractivity contribution in [1.82, 2.24) is 4.90 Å². The van der Waals surface area contributed by atoms with Crippen molar-refractivity contribution in [3.8, 4) is 17.1 Å². The van der Waals surface area contributed by atoms with E-state index in [2.05, 4.69) is 0 Å². The molecule has 1 heterocycles. The molecule has 138 valence electrons. The van der Waals surface area contributed by atoms with Crippen LogP contribution in [0.4, 0.5) is 0 Å². The van der Waals surface area contributed by atoms with Crippen molar-refractivity contribution in [2.24, 2.45) is 0 Å². The lowest BCUT2D eigenvalue weighted by molar-refractivity contribution is 0.0711. The summed E-state index contributed by atoms with van der Waals surface area (Å²) in [6.07, 6.45) is 0. The summed E-state index contributed by atoms with van der Waals surface area (Å²) < 4.78 is 5.74. The maximum absolute atomic E-state index is 12.8. The summed E-state index contributed by atoms with van der Waals surface area (Å²) in [6.45, 7) is 3.40. The Kier molecular flexibility index (Phi) is 5.12. The first kappa shape index (κ1) is 18.5. The first-order valence-electron chi connectivity index (χ1n) is 8.64. The summed E-state index contributed by atoms with van der Waals surface area (Å²) in [5.74, 6) is 0.702. The number of Topliss-reactive ketones (excluding diaryl/α,β-unsaturated/α-hetero) is 1. The van der Waals surface area contributed by atoms with Gasteiger partial charge in [-0.3, -0.25) is 9.59 Å². The first-order valence-corrected chi connectivity index (χ1v) is 8.64. The van der Waals surface area contributed by atoms with E-state index in [-0.39, 0.29) is 29.2 Å². The van der Waals surface area contributed by atoms with Gasteiger partial charge in [-0.15, -0.1) is 0 Å². The molecule has 0 saturated carbocycles. The number of rotatable bonds is 5. The molecule has 27 heavy (non-hydrogen) atoms. The highest BCUT2D eigenvalue weighted by atomic mass is 16.4. The van der Waals surface area contributed by atoms with Gasteiger partial charge in [-0.25, -0.2) is 0 Å². The number of phenolic OH excluding ortho intramolecular Hbond substituents is 1. The molecule has 1 N–H and O–H groups in total. The standard InChI is InChI=1S/C22H21NO4/c1-14(18-5-4-6-19(25)13-18)23(3)22(26)21-12-11-20(27-21)17-9-7-16(8-10-17)15(2)24/h4-14,25H,1-3H3/t14-/m0/s1. The largest absolute Gasteiger partial charge is 0.508 e. The molecule has 0 fully saturated rings. The SMILES string of the molecule is CC(=O)c1ccc(-c2ccc(C(=O)N(C)[C@@H](C)c3cccc(O)c3)o2)cc1. The number of benzene rings is 2. The summed E-state index contributed by atoms with van der Waals surface area (Å²) in [5, 5.41) is 9.64. The fourth-order valence-electron chi connectivity index (χ4n) is 2.84. The fourth-order valence-corrected chi connectivity index (χ4v) is 2.84. The molecular formula is C22H21NO4. The second kappa shape index (κ2) is 7.50. The van der Waals surface area contributed by atoms with Crippen molar-refractivity contribution in [3.63, 3.8) is 0 Å². The van der Waals surface area contributed by atoms with Crippen LogP contribution in [0.25, 0.3) is 11.3 Å². The van der Waals surface area contributed by atoms with Crippen LogP contribution in [-0.4, -0.2) is 28.7 Å². The Bertz CT molecular complexity index is 972. The van der Waals surface area contributed by atoms with Crippen molar-refractivity contribution >= 4 is 11.7 Å². The quantitative estimate of drug-likeness (QED) is 0.668. The lowest BCUT2D eigenvalue weighted by Gasteiger charge is -2.24. The fraction of sp³-hybridized carbons (Fsp3) is 0.182. The molecule has 1 atom stereocenters. The Hall–Kier alpha value is -3.34. The molecular weight excluding hydrogens is 342 g/mol. The van der Waals surface area contributed by atoms with Crippen LogP contribution >= 0.6 is 0 Å². The average Bonchev–Trinajstić information content (AvgIpc) is 3.16. The highest BCUT2D eigenvalue weighted by Gasteiger charge is 2.22. The number of hydrogen-bond acceptors (Lipinski definition) is 4. The molecule has 1 amide bonds. The molecule has 0 saturated heterocycles. The van der Waals surface area contributed by atoms with Crippen molar-refractivity contribution in [2.75, 3.05) is 7.05 Å². The Labute approximate surface area is 157 Å². The maximum atomic E-state index is 12.8. The third-order valence-electron chi connectivity index (χ3n) is 4.65. The second-order valence-electron chi connectivity index (χ2n) is 6.48. The summed E-state index contributed by atoms with van der Waals surface area (Å²) in [7, 11) is 1.70. The summed E-state index contributed by atoms with van der Waals surface area (Å²) >= 11 is 0. The zero-order valence-electron chi connectivity index (χ0n) is 15.5. The monoisotopic (exact) mass is 363 g/mol. The maximum Gasteiger partial charge on any atom is 0.289 e. The van der Waals surface area contributed by atoms with Crippen molar-refractivity contribution in [3.05, 3.63) is 77.6 Å². The highest BCUT2D eigenvalue weighted by molar-refractivity contribution is 5.94. The van der Waals surface area contributed by atoms with Crippen LogP contribution in [0.15, 0.2) is 65.1 Å². The second-order valence-corrected chi connectivity index (χ2v) is 6.48. The van der Waals surface area contributed by atoms with Crippen LogP contribution in [0.5, 0.6) is 5.75 Å². The van der Waals surface area contributed by atoms with Gasteiger partial charge in [0.25, 0.3) is 5.91 Å². The topological polar surface area (TPSA) is 70.8 Å². The van der Waals surface area contributed by atoms with E-state index in [0.717, 1.165) is 11.1 Å². The van der Waals surface area contributed by atoms with E-state index in [1.165, 1.54) is 6.92 Å². The molecule has 0 aliphatic rings. The average molecular weight is 363 g/mol. The summed E-state index contributed by atoms with van der Waals surface area (Å²) in [4.78, 5) is 25.7. The molecule has 3 aromatic rings. The minimum Gasteiger partial charge on any atom is -0.508 e. The number of nitrogens with zero attached hydrogens (tertiary/aromatic N) is 1. The molecule has 0 aliphatic carbocycles. The predicted octanol–water partition coefficient (Wildman–Crippen LogP) is 4.69. The number of aromatic hydroxyl groups is 1. The van der Waals surface area contributed by atoms with E-state index in [4.69, 9.17) is 4.42 Å². The molecule has 0 unspecified atom stereocenters. The minimum absolute atomic E-state index is 0.000534. The van der Waals surface area contributed by atoms with Gasteiger partial charge in [0.15, 0.2) is 11.5 Å². The molecule has 1 aromatic heterocycles. The van der Waals surface area contributed by atoms with Gasteiger partial charge in [0.05, 0.1) is 6.04 Å². The number of carbonyl (C=O) groups excluding carboxylic acids is 2.